The Kier molecular flexibility index (Phi) is 3.42. The number of aromatic amines is 2. The van der Waals surface area contributed by atoms with Gasteiger partial charge in [-0.05, 0) is 24.3 Å². The van der Waals surface area contributed by atoms with Crippen LogP contribution >= 0.6 is 0 Å². The summed E-state index contributed by atoms with van der Waals surface area (Å²) in [7, 11) is 3.11. The zero-order valence-corrected chi connectivity index (χ0v) is 13.5. The van der Waals surface area contributed by atoms with Crippen molar-refractivity contribution in [1.29, 1.82) is 0 Å². The zero-order valence-electron chi connectivity index (χ0n) is 13.5. The summed E-state index contributed by atoms with van der Waals surface area (Å²) < 4.78 is 24.0. The molecule has 0 saturated carbocycles. The number of aromatic nitrogens is 3. The molecule has 0 bridgehead atoms. The van der Waals surface area contributed by atoms with Gasteiger partial charge in [0.1, 0.15) is 5.82 Å². The molecular formula is C18H14FN3O3. The van der Waals surface area contributed by atoms with Gasteiger partial charge in [0.05, 0.1) is 30.9 Å². The standard InChI is InChI=1S/C18H14FN3O3/c1-24-15-6-9-5-14(20-12(9)8-16(15)25-2)17-18(23)22-11-4-3-10(19)7-13(11)21-17/h3-8,20H,1-2H3,(H,22,23). The van der Waals surface area contributed by atoms with E-state index in [9.17, 15) is 9.18 Å². The van der Waals surface area contributed by atoms with Gasteiger partial charge < -0.3 is 19.4 Å². The van der Waals surface area contributed by atoms with Crippen molar-refractivity contribution in [3.05, 3.63) is 52.6 Å². The predicted octanol–water partition coefficient (Wildman–Crippen LogP) is 3.23. The van der Waals surface area contributed by atoms with Gasteiger partial charge in [-0.1, -0.05) is 0 Å². The van der Waals surface area contributed by atoms with Crippen molar-refractivity contribution in [2.75, 3.05) is 14.2 Å². The van der Waals surface area contributed by atoms with E-state index in [-0.39, 0.29) is 11.3 Å². The summed E-state index contributed by atoms with van der Waals surface area (Å²) in [5.41, 5.74) is 1.99. The van der Waals surface area contributed by atoms with Crippen molar-refractivity contribution in [3.63, 3.8) is 0 Å². The molecule has 2 aromatic heterocycles. The van der Waals surface area contributed by atoms with E-state index in [0.717, 1.165) is 10.9 Å². The van der Waals surface area contributed by atoms with Gasteiger partial charge in [-0.15, -0.1) is 0 Å². The summed E-state index contributed by atoms with van der Waals surface area (Å²) in [6.07, 6.45) is 0. The number of methoxy groups -OCH3 is 2. The summed E-state index contributed by atoms with van der Waals surface area (Å²) >= 11 is 0. The van der Waals surface area contributed by atoms with Crippen LogP contribution in [0.5, 0.6) is 11.5 Å². The quantitative estimate of drug-likeness (QED) is 0.600. The van der Waals surface area contributed by atoms with Crippen LogP contribution in [0.2, 0.25) is 0 Å². The van der Waals surface area contributed by atoms with Crippen LogP contribution in [0, 0.1) is 5.82 Å². The Bertz CT molecular complexity index is 1120. The van der Waals surface area contributed by atoms with E-state index in [2.05, 4.69) is 15.0 Å². The average Bonchev–Trinajstić information content (AvgIpc) is 3.02. The van der Waals surface area contributed by atoms with Crippen LogP contribution in [0.25, 0.3) is 33.3 Å². The molecule has 2 heterocycles. The smallest absolute Gasteiger partial charge is 0.276 e. The highest BCUT2D eigenvalue weighted by Gasteiger charge is 2.13. The van der Waals surface area contributed by atoms with Crippen molar-refractivity contribution in [2.45, 2.75) is 0 Å². The second kappa shape index (κ2) is 5.62. The first-order chi connectivity index (χ1) is 12.1. The van der Waals surface area contributed by atoms with Gasteiger partial charge in [0, 0.05) is 23.0 Å². The SMILES string of the molecule is COc1cc2cc(-c3nc4cc(F)ccc4[nH]c3=O)[nH]c2cc1OC. The molecule has 0 aliphatic heterocycles. The molecule has 4 aromatic rings. The highest BCUT2D eigenvalue weighted by atomic mass is 19.1. The van der Waals surface area contributed by atoms with Crippen molar-refractivity contribution < 1.29 is 13.9 Å². The van der Waals surface area contributed by atoms with Crippen LogP contribution in [0.1, 0.15) is 0 Å². The lowest BCUT2D eigenvalue weighted by Crippen LogP contribution is -2.11. The molecule has 0 fully saturated rings. The van der Waals surface area contributed by atoms with Crippen molar-refractivity contribution >= 4 is 21.9 Å². The van der Waals surface area contributed by atoms with E-state index in [4.69, 9.17) is 9.47 Å². The lowest BCUT2D eigenvalue weighted by Gasteiger charge is -2.06. The van der Waals surface area contributed by atoms with Gasteiger partial charge in [0.25, 0.3) is 5.56 Å². The Hall–Kier alpha value is -3.35. The van der Waals surface area contributed by atoms with E-state index in [0.29, 0.717) is 28.2 Å². The Morgan fingerprint density at radius 2 is 1.72 bits per heavy atom. The first-order valence-electron chi connectivity index (χ1n) is 7.54. The van der Waals surface area contributed by atoms with Crippen LogP contribution < -0.4 is 15.0 Å². The number of benzene rings is 2. The number of hydrogen-bond donors (Lipinski definition) is 2. The molecule has 2 aromatic carbocycles. The van der Waals surface area contributed by atoms with Crippen LogP contribution in [-0.4, -0.2) is 29.2 Å². The number of nitrogens with one attached hydrogen (secondary N) is 2. The monoisotopic (exact) mass is 339 g/mol. The number of rotatable bonds is 3. The maximum absolute atomic E-state index is 13.4. The van der Waals surface area contributed by atoms with Gasteiger partial charge in [-0.2, -0.15) is 0 Å². The summed E-state index contributed by atoms with van der Waals surface area (Å²) in [5, 5.41) is 0.841. The molecule has 0 radical (unpaired) electrons. The number of hydrogen-bond acceptors (Lipinski definition) is 4. The first kappa shape index (κ1) is 15.2. The van der Waals surface area contributed by atoms with Crippen molar-refractivity contribution in [1.82, 2.24) is 15.0 Å². The lowest BCUT2D eigenvalue weighted by molar-refractivity contribution is 0.356. The summed E-state index contributed by atoms with van der Waals surface area (Å²) in [6.45, 7) is 0. The second-order valence-corrected chi connectivity index (χ2v) is 5.55. The molecule has 6 nitrogen and oxygen atoms in total. The van der Waals surface area contributed by atoms with Gasteiger partial charge >= 0.3 is 0 Å². The molecule has 0 saturated heterocycles. The van der Waals surface area contributed by atoms with Crippen LogP contribution in [0.15, 0.2) is 41.2 Å². The molecule has 0 aliphatic rings. The second-order valence-electron chi connectivity index (χ2n) is 5.55. The minimum Gasteiger partial charge on any atom is -0.493 e. The topological polar surface area (TPSA) is 80.0 Å². The molecule has 0 unspecified atom stereocenters. The van der Waals surface area contributed by atoms with E-state index in [1.807, 2.05) is 6.07 Å². The highest BCUT2D eigenvalue weighted by molar-refractivity contribution is 5.88. The third-order valence-corrected chi connectivity index (χ3v) is 4.04. The van der Waals surface area contributed by atoms with Crippen LogP contribution in [0.4, 0.5) is 4.39 Å². The Morgan fingerprint density at radius 1 is 0.960 bits per heavy atom. The van der Waals surface area contributed by atoms with Gasteiger partial charge in [0.15, 0.2) is 17.2 Å². The molecule has 0 amide bonds. The third-order valence-electron chi connectivity index (χ3n) is 4.04. The van der Waals surface area contributed by atoms with E-state index >= 15 is 0 Å². The van der Waals surface area contributed by atoms with E-state index < -0.39 is 5.82 Å². The first-order valence-corrected chi connectivity index (χ1v) is 7.54. The number of fused-ring (bicyclic) bond motifs is 2. The molecule has 4 rings (SSSR count). The van der Waals surface area contributed by atoms with Gasteiger partial charge in [0.2, 0.25) is 0 Å². The third kappa shape index (κ3) is 2.50. The molecule has 0 spiro atoms. The maximum Gasteiger partial charge on any atom is 0.276 e. The molecule has 25 heavy (non-hydrogen) atoms. The number of ether oxygens (including phenoxy) is 2. The minimum absolute atomic E-state index is 0.187. The molecular weight excluding hydrogens is 325 g/mol. The molecule has 126 valence electrons. The Morgan fingerprint density at radius 3 is 2.48 bits per heavy atom. The summed E-state index contributed by atoms with van der Waals surface area (Å²) in [6, 6.07) is 9.43. The minimum atomic E-state index is -0.413. The van der Waals surface area contributed by atoms with Crippen molar-refractivity contribution in [3.8, 4) is 22.9 Å². The number of H-pyrrole nitrogens is 2. The number of nitrogens with zero attached hydrogens (tertiary/aromatic N) is 1. The van der Waals surface area contributed by atoms with Gasteiger partial charge in [-0.25, -0.2) is 9.37 Å². The van der Waals surface area contributed by atoms with Crippen LogP contribution in [0.3, 0.4) is 0 Å². The molecule has 2 N–H and O–H groups in total. The fourth-order valence-electron chi connectivity index (χ4n) is 2.82. The Balaban J connectivity index is 1.93. The largest absolute Gasteiger partial charge is 0.493 e. The highest BCUT2D eigenvalue weighted by Crippen LogP contribution is 2.33. The normalized spacial score (nSPS) is 11.2. The fourth-order valence-corrected chi connectivity index (χ4v) is 2.82. The van der Waals surface area contributed by atoms with E-state index in [1.165, 1.54) is 18.2 Å². The average molecular weight is 339 g/mol. The van der Waals surface area contributed by atoms with E-state index in [1.54, 1.807) is 26.4 Å². The summed E-state index contributed by atoms with van der Waals surface area (Å²) in [4.78, 5) is 22.5. The summed E-state index contributed by atoms with van der Waals surface area (Å²) in [5.74, 6) is 0.748. The van der Waals surface area contributed by atoms with Crippen LogP contribution in [-0.2, 0) is 0 Å². The zero-order chi connectivity index (χ0) is 17.6. The molecule has 0 atom stereocenters. The lowest BCUT2D eigenvalue weighted by atomic mass is 10.2. The number of halogens is 1. The van der Waals surface area contributed by atoms with Crippen molar-refractivity contribution in [2.24, 2.45) is 0 Å². The molecule has 0 aliphatic carbocycles. The maximum atomic E-state index is 13.4. The molecule has 7 heteroatoms. The fraction of sp³-hybridized carbons (Fsp3) is 0.111. The van der Waals surface area contributed by atoms with Gasteiger partial charge in [-0.3, -0.25) is 4.79 Å². The predicted molar refractivity (Wildman–Crippen MR) is 92.7 cm³/mol. The Labute approximate surface area is 141 Å².